The maximum Gasteiger partial charge on any atom is 0.259 e. The fraction of sp³-hybridized carbons (Fsp3) is 0.167. The Bertz CT molecular complexity index is 776. The van der Waals surface area contributed by atoms with Crippen molar-refractivity contribution in [2.45, 2.75) is 6.92 Å². The van der Waals surface area contributed by atoms with Gasteiger partial charge in [0, 0.05) is 0 Å². The van der Waals surface area contributed by atoms with Crippen LogP contribution in [0.5, 0.6) is 5.75 Å². The summed E-state index contributed by atoms with van der Waals surface area (Å²) in [6.07, 6.45) is 0. The summed E-state index contributed by atoms with van der Waals surface area (Å²) in [6.45, 7) is 1.86. The molecule has 2 N–H and O–H groups in total. The lowest BCUT2D eigenvalue weighted by Gasteiger charge is -2.10. The van der Waals surface area contributed by atoms with Gasteiger partial charge >= 0.3 is 0 Å². The van der Waals surface area contributed by atoms with E-state index < -0.39 is 0 Å². The first kappa shape index (κ1) is 17.0. The number of benzene rings is 2. The van der Waals surface area contributed by atoms with Crippen LogP contribution in [-0.2, 0) is 4.79 Å². The maximum absolute atomic E-state index is 11.9. The Morgan fingerprint density at radius 2 is 1.92 bits per heavy atom. The Balaban J connectivity index is 1.91. The van der Waals surface area contributed by atoms with E-state index in [1.54, 1.807) is 38.3 Å². The second kappa shape index (κ2) is 8.34. The molecule has 0 radical (unpaired) electrons. The summed E-state index contributed by atoms with van der Waals surface area (Å²) in [6, 6.07) is 16.4. The largest absolute Gasteiger partial charge is 0.495 e. The predicted octanol–water partition coefficient (Wildman–Crippen LogP) is 2.52. The Hall–Kier alpha value is -3.33. The molecule has 2 aromatic rings. The van der Waals surface area contributed by atoms with E-state index in [0.29, 0.717) is 17.0 Å². The summed E-state index contributed by atoms with van der Waals surface area (Å²) >= 11 is 0. The van der Waals surface area contributed by atoms with Crippen LogP contribution in [0.3, 0.4) is 0 Å². The molecule has 0 aliphatic heterocycles. The van der Waals surface area contributed by atoms with E-state index in [2.05, 4.69) is 21.9 Å². The highest BCUT2D eigenvalue weighted by Crippen LogP contribution is 2.22. The molecule has 0 fully saturated rings. The van der Waals surface area contributed by atoms with Gasteiger partial charge < -0.3 is 10.1 Å². The van der Waals surface area contributed by atoms with Crippen LogP contribution < -0.4 is 15.5 Å². The zero-order valence-corrected chi connectivity index (χ0v) is 13.5. The van der Waals surface area contributed by atoms with Crippen LogP contribution in [0.1, 0.15) is 18.1 Å². The molecule has 0 spiro atoms. The van der Waals surface area contributed by atoms with Crippen LogP contribution in [-0.4, -0.2) is 25.3 Å². The number of nitrogens with one attached hydrogen (secondary N) is 2. The molecule has 0 heterocycles. The number of hydrazone groups is 1. The summed E-state index contributed by atoms with van der Waals surface area (Å²) in [5.74, 6) is 0.400. The number of amides is 1. The summed E-state index contributed by atoms with van der Waals surface area (Å²) < 4.78 is 5.21. The summed E-state index contributed by atoms with van der Waals surface area (Å²) in [5, 5.41) is 15.8. The van der Waals surface area contributed by atoms with E-state index in [0.717, 1.165) is 11.3 Å². The first-order valence-corrected chi connectivity index (χ1v) is 7.34. The lowest BCUT2D eigenvalue weighted by Crippen LogP contribution is -2.26. The highest BCUT2D eigenvalue weighted by Gasteiger charge is 2.05. The molecular formula is C18H18N4O2. The third kappa shape index (κ3) is 4.58. The minimum atomic E-state index is -0.270. The van der Waals surface area contributed by atoms with Gasteiger partial charge in [-0.25, -0.2) is 5.43 Å². The average Bonchev–Trinajstić information content (AvgIpc) is 2.64. The number of ether oxygens (including phenoxy) is 1. The van der Waals surface area contributed by atoms with Crippen LogP contribution in [0.4, 0.5) is 5.69 Å². The molecule has 2 aromatic carbocycles. The topological polar surface area (TPSA) is 86.5 Å². The van der Waals surface area contributed by atoms with Crippen LogP contribution in [0, 0.1) is 11.3 Å². The number of carbonyl (C=O) groups excluding carboxylic acids is 1. The van der Waals surface area contributed by atoms with Gasteiger partial charge in [0.15, 0.2) is 0 Å². The van der Waals surface area contributed by atoms with Crippen molar-refractivity contribution in [3.8, 4) is 11.8 Å². The molecule has 0 saturated carbocycles. The molecule has 0 atom stereocenters. The van der Waals surface area contributed by atoms with E-state index in [1.165, 1.54) is 0 Å². The predicted molar refractivity (Wildman–Crippen MR) is 93.0 cm³/mol. The normalized spacial score (nSPS) is 10.6. The molecule has 6 nitrogen and oxygen atoms in total. The monoisotopic (exact) mass is 322 g/mol. The quantitative estimate of drug-likeness (QED) is 0.632. The highest BCUT2D eigenvalue weighted by molar-refractivity contribution is 5.99. The van der Waals surface area contributed by atoms with Crippen molar-refractivity contribution in [1.29, 1.82) is 5.26 Å². The van der Waals surface area contributed by atoms with Gasteiger partial charge in [-0.1, -0.05) is 24.3 Å². The fourth-order valence-corrected chi connectivity index (χ4v) is 2.00. The SMILES string of the molecule is COc1ccccc1NCC(=O)N/N=C(\C)c1ccc(C#N)cc1. The third-order valence-electron chi connectivity index (χ3n) is 3.33. The van der Waals surface area contributed by atoms with Gasteiger partial charge in [-0.15, -0.1) is 0 Å². The molecule has 0 aromatic heterocycles. The van der Waals surface area contributed by atoms with Gasteiger partial charge in [-0.3, -0.25) is 4.79 Å². The number of nitrogens with zero attached hydrogens (tertiary/aromatic N) is 2. The second-order valence-electron chi connectivity index (χ2n) is 4.98. The molecular weight excluding hydrogens is 304 g/mol. The van der Waals surface area contributed by atoms with Crippen LogP contribution >= 0.6 is 0 Å². The fourth-order valence-electron chi connectivity index (χ4n) is 2.00. The number of nitriles is 1. The molecule has 6 heteroatoms. The molecule has 24 heavy (non-hydrogen) atoms. The van der Waals surface area contributed by atoms with E-state index in [-0.39, 0.29) is 12.5 Å². The van der Waals surface area contributed by atoms with Crippen LogP contribution in [0.25, 0.3) is 0 Å². The zero-order valence-electron chi connectivity index (χ0n) is 13.5. The number of carbonyl (C=O) groups is 1. The van der Waals surface area contributed by atoms with Crippen LogP contribution in [0.2, 0.25) is 0 Å². The Morgan fingerprint density at radius 1 is 1.21 bits per heavy atom. The molecule has 0 bridgehead atoms. The van der Waals surface area contributed by atoms with Gasteiger partial charge in [-0.2, -0.15) is 10.4 Å². The standard InChI is InChI=1S/C18H18N4O2/c1-13(15-9-7-14(11-19)8-10-15)21-22-18(23)12-20-16-5-3-4-6-17(16)24-2/h3-10,20H,12H2,1-2H3,(H,22,23)/b21-13+. The lowest BCUT2D eigenvalue weighted by molar-refractivity contribution is -0.119. The summed E-state index contributed by atoms with van der Waals surface area (Å²) in [4.78, 5) is 11.9. The maximum atomic E-state index is 11.9. The highest BCUT2D eigenvalue weighted by atomic mass is 16.5. The summed E-state index contributed by atoms with van der Waals surface area (Å²) in [5.41, 5.74) is 5.31. The number of methoxy groups -OCH3 is 1. The first-order valence-electron chi connectivity index (χ1n) is 7.34. The molecule has 0 aliphatic carbocycles. The number of hydrogen-bond donors (Lipinski definition) is 2. The molecule has 122 valence electrons. The van der Waals surface area contributed by atoms with Gasteiger partial charge in [0.1, 0.15) is 5.75 Å². The van der Waals surface area contributed by atoms with E-state index >= 15 is 0 Å². The molecule has 0 unspecified atom stereocenters. The number of hydrogen-bond acceptors (Lipinski definition) is 5. The number of rotatable bonds is 6. The van der Waals surface area contributed by atoms with Crippen LogP contribution in [0.15, 0.2) is 53.6 Å². The van der Waals surface area contributed by atoms with Gasteiger partial charge in [0.2, 0.25) is 0 Å². The Labute approximate surface area is 140 Å². The Kier molecular flexibility index (Phi) is 5.92. The smallest absolute Gasteiger partial charge is 0.259 e. The number of anilines is 1. The minimum absolute atomic E-state index is 0.0739. The van der Waals surface area contributed by atoms with Gasteiger partial charge in [-0.05, 0) is 36.8 Å². The third-order valence-corrected chi connectivity index (χ3v) is 3.33. The molecule has 0 saturated heterocycles. The average molecular weight is 322 g/mol. The molecule has 0 aliphatic rings. The van der Waals surface area contributed by atoms with Gasteiger partial charge in [0.25, 0.3) is 5.91 Å². The van der Waals surface area contributed by atoms with E-state index in [4.69, 9.17) is 10.00 Å². The van der Waals surface area contributed by atoms with Crippen molar-refractivity contribution in [2.75, 3.05) is 19.0 Å². The van der Waals surface area contributed by atoms with Crippen molar-refractivity contribution >= 4 is 17.3 Å². The van der Waals surface area contributed by atoms with Crippen molar-refractivity contribution in [1.82, 2.24) is 5.43 Å². The molecule has 1 amide bonds. The van der Waals surface area contributed by atoms with Crippen molar-refractivity contribution < 1.29 is 9.53 Å². The number of para-hydroxylation sites is 2. The summed E-state index contributed by atoms with van der Waals surface area (Å²) in [7, 11) is 1.58. The van der Waals surface area contributed by atoms with E-state index in [9.17, 15) is 4.79 Å². The lowest BCUT2D eigenvalue weighted by atomic mass is 10.1. The Morgan fingerprint density at radius 3 is 2.58 bits per heavy atom. The van der Waals surface area contributed by atoms with Crippen molar-refractivity contribution in [2.24, 2.45) is 5.10 Å². The van der Waals surface area contributed by atoms with E-state index in [1.807, 2.05) is 24.3 Å². The van der Waals surface area contributed by atoms with Crippen molar-refractivity contribution in [3.05, 3.63) is 59.7 Å². The minimum Gasteiger partial charge on any atom is -0.495 e. The first-order chi connectivity index (χ1) is 11.6. The second-order valence-corrected chi connectivity index (χ2v) is 4.98. The van der Waals surface area contributed by atoms with Crippen molar-refractivity contribution in [3.63, 3.8) is 0 Å². The molecule has 2 rings (SSSR count). The van der Waals surface area contributed by atoms with Gasteiger partial charge in [0.05, 0.1) is 36.7 Å². The zero-order chi connectivity index (χ0) is 17.4.